The van der Waals surface area contributed by atoms with E-state index in [4.69, 9.17) is 9.47 Å². The lowest BCUT2D eigenvalue weighted by molar-refractivity contribution is 0.102. The van der Waals surface area contributed by atoms with Gasteiger partial charge in [0.2, 0.25) is 6.79 Å². The Labute approximate surface area is 122 Å². The van der Waals surface area contributed by atoms with Crippen molar-refractivity contribution in [2.24, 2.45) is 0 Å². The quantitative estimate of drug-likeness (QED) is 0.747. The second-order valence-corrected chi connectivity index (χ2v) is 5.27. The molecule has 104 valence electrons. The molecule has 2 aromatic rings. The minimum absolute atomic E-state index is 0.134. The maximum atomic E-state index is 12.5. The second kappa shape index (κ2) is 4.77. The van der Waals surface area contributed by atoms with E-state index in [1.54, 1.807) is 0 Å². The van der Waals surface area contributed by atoms with E-state index < -0.39 is 0 Å². The molecule has 0 aromatic heterocycles. The third-order valence-corrected chi connectivity index (χ3v) is 3.95. The number of carbonyl (C=O) groups is 1. The van der Waals surface area contributed by atoms with Crippen LogP contribution in [0.15, 0.2) is 48.0 Å². The molecule has 4 rings (SSSR count). The summed E-state index contributed by atoms with van der Waals surface area (Å²) in [5, 5.41) is 0. The lowest BCUT2D eigenvalue weighted by Gasteiger charge is -2.17. The van der Waals surface area contributed by atoms with Gasteiger partial charge in [-0.25, -0.2) is 0 Å². The summed E-state index contributed by atoms with van der Waals surface area (Å²) in [5.41, 5.74) is 3.80. The zero-order chi connectivity index (χ0) is 14.2. The van der Waals surface area contributed by atoms with E-state index in [9.17, 15) is 4.79 Å². The van der Waals surface area contributed by atoms with Crippen molar-refractivity contribution < 1.29 is 14.3 Å². The lowest BCUT2D eigenvalue weighted by atomic mass is 9.86. The maximum Gasteiger partial charge on any atom is 0.231 e. The summed E-state index contributed by atoms with van der Waals surface area (Å²) < 4.78 is 10.7. The van der Waals surface area contributed by atoms with Gasteiger partial charge in [-0.15, -0.1) is 0 Å². The molecular weight excluding hydrogens is 264 g/mol. The van der Waals surface area contributed by atoms with Crippen molar-refractivity contribution in [3.63, 3.8) is 0 Å². The molecule has 0 unspecified atom stereocenters. The van der Waals surface area contributed by atoms with Crippen LogP contribution < -0.4 is 9.47 Å². The number of rotatable bonds is 1. The highest BCUT2D eigenvalue weighted by atomic mass is 16.7. The number of carbonyl (C=O) groups excluding carboxylic acids is 1. The van der Waals surface area contributed by atoms with E-state index in [1.807, 2.05) is 48.5 Å². The summed E-state index contributed by atoms with van der Waals surface area (Å²) in [5.74, 6) is 1.64. The summed E-state index contributed by atoms with van der Waals surface area (Å²) >= 11 is 0. The molecular formula is C18H14O3. The van der Waals surface area contributed by atoms with Crippen LogP contribution in [0.4, 0.5) is 0 Å². The van der Waals surface area contributed by atoms with Gasteiger partial charge in [-0.3, -0.25) is 4.79 Å². The first-order valence-corrected chi connectivity index (χ1v) is 7.04. The highest BCUT2D eigenvalue weighted by Crippen LogP contribution is 2.34. The van der Waals surface area contributed by atoms with Crippen molar-refractivity contribution in [1.29, 1.82) is 0 Å². The van der Waals surface area contributed by atoms with E-state index in [1.165, 1.54) is 0 Å². The van der Waals surface area contributed by atoms with Gasteiger partial charge in [-0.05, 0) is 42.2 Å². The average molecular weight is 278 g/mol. The SMILES string of the molecule is O=C1C(=Cc2ccc3c(c2)OCO3)CCc2ccccc21. The predicted octanol–water partition coefficient (Wildman–Crippen LogP) is 3.63. The van der Waals surface area contributed by atoms with Crippen molar-refractivity contribution in [2.75, 3.05) is 6.79 Å². The van der Waals surface area contributed by atoms with Crippen LogP contribution in [0.3, 0.4) is 0 Å². The van der Waals surface area contributed by atoms with Crippen molar-refractivity contribution in [2.45, 2.75) is 12.8 Å². The minimum Gasteiger partial charge on any atom is -0.454 e. The maximum absolute atomic E-state index is 12.5. The van der Waals surface area contributed by atoms with Gasteiger partial charge in [0.1, 0.15) is 0 Å². The Morgan fingerprint density at radius 3 is 2.76 bits per heavy atom. The van der Waals surface area contributed by atoms with E-state index in [2.05, 4.69) is 0 Å². The molecule has 21 heavy (non-hydrogen) atoms. The Morgan fingerprint density at radius 1 is 0.952 bits per heavy atom. The second-order valence-electron chi connectivity index (χ2n) is 5.27. The number of benzene rings is 2. The molecule has 0 fully saturated rings. The van der Waals surface area contributed by atoms with Crippen LogP contribution in [0.2, 0.25) is 0 Å². The molecule has 0 spiro atoms. The summed E-state index contributed by atoms with van der Waals surface area (Å²) in [7, 11) is 0. The van der Waals surface area contributed by atoms with Gasteiger partial charge in [0.15, 0.2) is 17.3 Å². The summed E-state index contributed by atoms with van der Waals surface area (Å²) in [6.45, 7) is 0.266. The zero-order valence-electron chi connectivity index (χ0n) is 11.5. The number of aryl methyl sites for hydroxylation is 1. The van der Waals surface area contributed by atoms with Gasteiger partial charge in [0.25, 0.3) is 0 Å². The molecule has 0 radical (unpaired) electrons. The average Bonchev–Trinajstić information content (AvgIpc) is 2.98. The predicted molar refractivity (Wildman–Crippen MR) is 79.6 cm³/mol. The van der Waals surface area contributed by atoms with Gasteiger partial charge in [-0.2, -0.15) is 0 Å². The van der Waals surface area contributed by atoms with Crippen LogP contribution in [0.25, 0.3) is 6.08 Å². The van der Waals surface area contributed by atoms with Gasteiger partial charge in [0.05, 0.1) is 0 Å². The molecule has 0 bridgehead atoms. The van der Waals surface area contributed by atoms with Crippen molar-refractivity contribution >= 4 is 11.9 Å². The van der Waals surface area contributed by atoms with Crippen molar-refractivity contribution in [3.8, 4) is 11.5 Å². The molecule has 0 atom stereocenters. The van der Waals surface area contributed by atoms with Gasteiger partial charge in [0, 0.05) is 11.1 Å². The molecule has 3 nitrogen and oxygen atoms in total. The first kappa shape index (κ1) is 12.2. The Balaban J connectivity index is 1.69. The zero-order valence-corrected chi connectivity index (χ0v) is 11.5. The van der Waals surface area contributed by atoms with Gasteiger partial charge >= 0.3 is 0 Å². The van der Waals surface area contributed by atoms with E-state index >= 15 is 0 Å². The third kappa shape index (κ3) is 2.11. The first-order valence-electron chi connectivity index (χ1n) is 7.04. The molecule has 2 aliphatic rings. The van der Waals surface area contributed by atoms with Crippen molar-refractivity contribution in [1.82, 2.24) is 0 Å². The number of fused-ring (bicyclic) bond motifs is 2. The Morgan fingerprint density at radius 2 is 1.81 bits per heavy atom. The molecule has 1 aliphatic heterocycles. The fourth-order valence-electron chi connectivity index (χ4n) is 2.86. The molecule has 0 saturated heterocycles. The Kier molecular flexibility index (Phi) is 2.78. The lowest BCUT2D eigenvalue weighted by Crippen LogP contribution is -2.13. The molecule has 3 heteroatoms. The fourth-order valence-corrected chi connectivity index (χ4v) is 2.86. The van der Waals surface area contributed by atoms with Crippen LogP contribution in [0.5, 0.6) is 11.5 Å². The fraction of sp³-hybridized carbons (Fsp3) is 0.167. The molecule has 0 N–H and O–H groups in total. The molecule has 1 heterocycles. The van der Waals surface area contributed by atoms with Crippen molar-refractivity contribution in [3.05, 3.63) is 64.7 Å². The largest absolute Gasteiger partial charge is 0.454 e. The molecule has 0 amide bonds. The first-order chi connectivity index (χ1) is 10.3. The van der Waals surface area contributed by atoms with E-state index in [0.717, 1.165) is 46.6 Å². The van der Waals surface area contributed by atoms with Crippen LogP contribution in [0.1, 0.15) is 27.9 Å². The number of ketones is 1. The standard InChI is InChI=1S/C18H14O3/c19-18-14(7-6-13-3-1-2-4-15(13)18)9-12-5-8-16-17(10-12)21-11-20-16/h1-5,8-10H,6-7,11H2. The number of hydrogen-bond donors (Lipinski definition) is 0. The summed E-state index contributed by atoms with van der Waals surface area (Å²) in [4.78, 5) is 12.5. The van der Waals surface area contributed by atoms with Crippen LogP contribution in [0, 0.1) is 0 Å². The smallest absolute Gasteiger partial charge is 0.231 e. The monoisotopic (exact) mass is 278 g/mol. The normalized spacial score (nSPS) is 17.9. The topological polar surface area (TPSA) is 35.5 Å². The highest BCUT2D eigenvalue weighted by Gasteiger charge is 2.21. The number of Topliss-reactive ketones (excluding diaryl/α,β-unsaturated/α-hetero) is 1. The third-order valence-electron chi connectivity index (χ3n) is 3.95. The molecule has 1 aliphatic carbocycles. The van der Waals surface area contributed by atoms with Crippen LogP contribution >= 0.6 is 0 Å². The van der Waals surface area contributed by atoms with Gasteiger partial charge < -0.3 is 9.47 Å². The van der Waals surface area contributed by atoms with Crippen LogP contribution in [-0.4, -0.2) is 12.6 Å². The number of hydrogen-bond acceptors (Lipinski definition) is 3. The Hall–Kier alpha value is -2.55. The van der Waals surface area contributed by atoms with E-state index in [0.29, 0.717) is 0 Å². The van der Waals surface area contributed by atoms with Crippen LogP contribution in [-0.2, 0) is 6.42 Å². The Bertz CT molecular complexity index is 759. The van der Waals surface area contributed by atoms with Gasteiger partial charge in [-0.1, -0.05) is 30.3 Å². The number of ether oxygens (including phenoxy) is 2. The minimum atomic E-state index is 0.134. The highest BCUT2D eigenvalue weighted by molar-refractivity contribution is 6.13. The number of allylic oxidation sites excluding steroid dienone is 1. The van der Waals surface area contributed by atoms with E-state index in [-0.39, 0.29) is 12.6 Å². The molecule has 0 saturated carbocycles. The molecule has 2 aromatic carbocycles. The summed E-state index contributed by atoms with van der Waals surface area (Å²) in [6, 6.07) is 13.6. The summed E-state index contributed by atoms with van der Waals surface area (Å²) in [6.07, 6.45) is 3.66.